The first-order valence-electron chi connectivity index (χ1n) is 4.50. The van der Waals surface area contributed by atoms with Gasteiger partial charge in [-0.1, -0.05) is 6.92 Å². The molecule has 68 valence electrons. The van der Waals surface area contributed by atoms with Gasteiger partial charge in [0.1, 0.15) is 5.69 Å². The zero-order valence-electron chi connectivity index (χ0n) is 8.00. The van der Waals surface area contributed by atoms with Gasteiger partial charge in [0.25, 0.3) is 0 Å². The molecule has 12 heavy (non-hydrogen) atoms. The summed E-state index contributed by atoms with van der Waals surface area (Å²) in [6.45, 7) is 7.76. The molecule has 0 saturated carbocycles. The van der Waals surface area contributed by atoms with Gasteiger partial charge in [-0.25, -0.2) is 0 Å². The molecule has 3 heteroatoms. The maximum absolute atomic E-state index is 5.43. The summed E-state index contributed by atoms with van der Waals surface area (Å²) in [4.78, 5) is 0. The Labute approximate surface area is 73.3 Å². The Morgan fingerprint density at radius 1 is 1.42 bits per heavy atom. The molecule has 0 radical (unpaired) electrons. The number of rotatable bonds is 4. The van der Waals surface area contributed by atoms with Crippen molar-refractivity contribution in [3.63, 3.8) is 0 Å². The molecule has 0 bridgehead atoms. The SMILES string of the molecule is CCOc1cn(CC)nc1CC. The van der Waals surface area contributed by atoms with Crippen LogP contribution in [-0.2, 0) is 13.0 Å². The van der Waals surface area contributed by atoms with Crippen molar-refractivity contribution in [2.75, 3.05) is 6.61 Å². The van der Waals surface area contributed by atoms with Crippen LogP contribution in [0, 0.1) is 0 Å². The van der Waals surface area contributed by atoms with E-state index in [4.69, 9.17) is 4.74 Å². The quantitative estimate of drug-likeness (QED) is 0.686. The molecule has 1 aromatic rings. The highest BCUT2D eigenvalue weighted by Crippen LogP contribution is 2.16. The highest BCUT2D eigenvalue weighted by atomic mass is 16.5. The maximum atomic E-state index is 5.43. The van der Waals surface area contributed by atoms with E-state index in [-0.39, 0.29) is 0 Å². The zero-order valence-corrected chi connectivity index (χ0v) is 8.00. The average molecular weight is 168 g/mol. The van der Waals surface area contributed by atoms with Crippen LogP contribution in [0.1, 0.15) is 26.5 Å². The summed E-state index contributed by atoms with van der Waals surface area (Å²) in [7, 11) is 0. The lowest BCUT2D eigenvalue weighted by Crippen LogP contribution is -1.94. The van der Waals surface area contributed by atoms with Gasteiger partial charge in [0, 0.05) is 6.54 Å². The van der Waals surface area contributed by atoms with Crippen LogP contribution in [0.15, 0.2) is 6.20 Å². The van der Waals surface area contributed by atoms with E-state index in [2.05, 4.69) is 18.9 Å². The lowest BCUT2D eigenvalue weighted by molar-refractivity contribution is 0.336. The molecule has 1 rings (SSSR count). The number of ether oxygens (including phenoxy) is 1. The molecular formula is C9H16N2O. The smallest absolute Gasteiger partial charge is 0.160 e. The third kappa shape index (κ3) is 1.78. The number of aromatic nitrogens is 2. The van der Waals surface area contributed by atoms with Crippen LogP contribution in [0.25, 0.3) is 0 Å². The topological polar surface area (TPSA) is 27.1 Å². The van der Waals surface area contributed by atoms with E-state index >= 15 is 0 Å². The molecule has 0 aromatic carbocycles. The summed E-state index contributed by atoms with van der Waals surface area (Å²) in [5.41, 5.74) is 1.05. The molecule has 0 fully saturated rings. The van der Waals surface area contributed by atoms with E-state index in [0.29, 0.717) is 6.61 Å². The second-order valence-corrected chi connectivity index (χ2v) is 2.58. The molecule has 0 aliphatic carbocycles. The molecule has 0 N–H and O–H groups in total. The number of hydrogen-bond donors (Lipinski definition) is 0. The molecule has 0 atom stereocenters. The van der Waals surface area contributed by atoms with Gasteiger partial charge in [-0.2, -0.15) is 5.10 Å². The normalized spacial score (nSPS) is 10.2. The van der Waals surface area contributed by atoms with Crippen LogP contribution in [0.2, 0.25) is 0 Å². The van der Waals surface area contributed by atoms with E-state index in [0.717, 1.165) is 24.4 Å². The van der Waals surface area contributed by atoms with Gasteiger partial charge in [0.2, 0.25) is 0 Å². The first kappa shape index (κ1) is 9.10. The molecule has 1 heterocycles. The fourth-order valence-electron chi connectivity index (χ4n) is 1.13. The fourth-order valence-corrected chi connectivity index (χ4v) is 1.13. The minimum Gasteiger partial charge on any atom is -0.490 e. The summed E-state index contributed by atoms with van der Waals surface area (Å²) >= 11 is 0. The van der Waals surface area contributed by atoms with Crippen LogP contribution < -0.4 is 4.74 Å². The van der Waals surface area contributed by atoms with Gasteiger partial charge in [-0.05, 0) is 20.3 Å². The number of aryl methyl sites for hydroxylation is 2. The molecule has 0 aliphatic heterocycles. The van der Waals surface area contributed by atoms with Crippen molar-refractivity contribution < 1.29 is 4.74 Å². The van der Waals surface area contributed by atoms with Crippen molar-refractivity contribution >= 4 is 0 Å². The van der Waals surface area contributed by atoms with Crippen molar-refractivity contribution in [2.24, 2.45) is 0 Å². The molecule has 3 nitrogen and oxygen atoms in total. The minimum atomic E-state index is 0.711. The van der Waals surface area contributed by atoms with Crippen LogP contribution in [-0.4, -0.2) is 16.4 Å². The van der Waals surface area contributed by atoms with Crippen molar-refractivity contribution in [1.82, 2.24) is 9.78 Å². The van der Waals surface area contributed by atoms with Gasteiger partial charge in [-0.3, -0.25) is 4.68 Å². The lowest BCUT2D eigenvalue weighted by Gasteiger charge is -1.98. The number of hydrogen-bond acceptors (Lipinski definition) is 2. The van der Waals surface area contributed by atoms with Crippen molar-refractivity contribution in [1.29, 1.82) is 0 Å². The van der Waals surface area contributed by atoms with E-state index in [1.807, 2.05) is 17.8 Å². The summed E-state index contributed by atoms with van der Waals surface area (Å²) < 4.78 is 7.33. The van der Waals surface area contributed by atoms with Gasteiger partial charge < -0.3 is 4.74 Å². The zero-order chi connectivity index (χ0) is 8.97. The van der Waals surface area contributed by atoms with Crippen LogP contribution in [0.5, 0.6) is 5.75 Å². The first-order chi connectivity index (χ1) is 5.81. The Morgan fingerprint density at radius 3 is 2.67 bits per heavy atom. The van der Waals surface area contributed by atoms with Crippen molar-refractivity contribution in [2.45, 2.75) is 33.7 Å². The molecule has 0 unspecified atom stereocenters. The summed E-state index contributed by atoms with van der Waals surface area (Å²) in [5, 5.41) is 4.36. The molecular weight excluding hydrogens is 152 g/mol. The fraction of sp³-hybridized carbons (Fsp3) is 0.667. The average Bonchev–Trinajstić information content (AvgIpc) is 2.48. The predicted molar refractivity (Wildman–Crippen MR) is 48.4 cm³/mol. The highest BCUT2D eigenvalue weighted by Gasteiger charge is 2.05. The van der Waals surface area contributed by atoms with Crippen LogP contribution >= 0.6 is 0 Å². The molecule has 0 saturated heterocycles. The molecule has 0 spiro atoms. The maximum Gasteiger partial charge on any atom is 0.160 e. The van der Waals surface area contributed by atoms with Gasteiger partial charge in [0.05, 0.1) is 12.8 Å². The van der Waals surface area contributed by atoms with Gasteiger partial charge in [-0.15, -0.1) is 0 Å². The molecule has 0 aliphatic rings. The molecule has 0 amide bonds. The second-order valence-electron chi connectivity index (χ2n) is 2.58. The van der Waals surface area contributed by atoms with E-state index in [9.17, 15) is 0 Å². The van der Waals surface area contributed by atoms with Gasteiger partial charge in [0.15, 0.2) is 5.75 Å². The Hall–Kier alpha value is -0.990. The Bertz CT molecular complexity index is 243. The van der Waals surface area contributed by atoms with Crippen LogP contribution in [0.3, 0.4) is 0 Å². The summed E-state index contributed by atoms with van der Waals surface area (Å²) in [5.74, 6) is 0.932. The third-order valence-corrected chi connectivity index (χ3v) is 1.76. The van der Waals surface area contributed by atoms with Crippen molar-refractivity contribution in [3.8, 4) is 5.75 Å². The number of nitrogens with zero attached hydrogens (tertiary/aromatic N) is 2. The minimum absolute atomic E-state index is 0.711. The summed E-state index contributed by atoms with van der Waals surface area (Å²) in [6, 6.07) is 0. The van der Waals surface area contributed by atoms with Crippen molar-refractivity contribution in [3.05, 3.63) is 11.9 Å². The third-order valence-electron chi connectivity index (χ3n) is 1.76. The van der Waals surface area contributed by atoms with E-state index in [1.54, 1.807) is 0 Å². The highest BCUT2D eigenvalue weighted by molar-refractivity contribution is 5.24. The lowest BCUT2D eigenvalue weighted by atomic mass is 10.3. The monoisotopic (exact) mass is 168 g/mol. The second kappa shape index (κ2) is 4.14. The largest absolute Gasteiger partial charge is 0.490 e. The Kier molecular flexibility index (Phi) is 3.14. The Morgan fingerprint density at radius 2 is 2.17 bits per heavy atom. The van der Waals surface area contributed by atoms with E-state index in [1.165, 1.54) is 0 Å². The van der Waals surface area contributed by atoms with E-state index < -0.39 is 0 Å². The first-order valence-corrected chi connectivity index (χ1v) is 4.50. The summed E-state index contributed by atoms with van der Waals surface area (Å²) in [6.07, 6.45) is 2.89. The molecule has 1 aromatic heterocycles. The van der Waals surface area contributed by atoms with Crippen LogP contribution in [0.4, 0.5) is 0 Å². The Balaban J connectivity index is 2.84. The van der Waals surface area contributed by atoms with Gasteiger partial charge >= 0.3 is 0 Å². The standard InChI is InChI=1S/C9H16N2O/c1-4-8-9(12-6-3)7-11(5-2)10-8/h7H,4-6H2,1-3H3. The predicted octanol–water partition coefficient (Wildman–Crippen LogP) is 1.86.